The van der Waals surface area contributed by atoms with Gasteiger partial charge < -0.3 is 5.32 Å². The molecule has 0 aromatic heterocycles. The van der Waals surface area contributed by atoms with Crippen molar-refractivity contribution in [2.45, 2.75) is 65.0 Å². The van der Waals surface area contributed by atoms with Crippen molar-refractivity contribution in [1.82, 2.24) is 10.2 Å². The highest BCUT2D eigenvalue weighted by atomic mass is 15.3. The van der Waals surface area contributed by atoms with Gasteiger partial charge in [0.05, 0.1) is 0 Å². The molecule has 1 heterocycles. The standard InChI is InChI=1S/C13H28N2/c1-6-8-12(3,4)15-10-9-14-13(5,7-2)11-15/h14H,6-11H2,1-5H3. The number of hydrogen-bond donors (Lipinski definition) is 1. The van der Waals surface area contributed by atoms with E-state index in [9.17, 15) is 0 Å². The summed E-state index contributed by atoms with van der Waals surface area (Å²) in [6, 6.07) is 0. The second kappa shape index (κ2) is 4.84. The Morgan fingerprint density at radius 3 is 2.53 bits per heavy atom. The summed E-state index contributed by atoms with van der Waals surface area (Å²) in [5.41, 5.74) is 0.691. The Kier molecular flexibility index (Phi) is 4.19. The van der Waals surface area contributed by atoms with E-state index in [1.807, 2.05) is 0 Å². The first kappa shape index (κ1) is 13.0. The van der Waals surface area contributed by atoms with E-state index >= 15 is 0 Å². The van der Waals surface area contributed by atoms with Gasteiger partial charge in [-0.2, -0.15) is 0 Å². The molecule has 90 valence electrons. The number of nitrogens with one attached hydrogen (secondary N) is 1. The smallest absolute Gasteiger partial charge is 0.0278 e. The Bertz CT molecular complexity index is 201. The fourth-order valence-corrected chi connectivity index (χ4v) is 2.57. The van der Waals surface area contributed by atoms with Crippen LogP contribution in [0.15, 0.2) is 0 Å². The van der Waals surface area contributed by atoms with Crippen LogP contribution < -0.4 is 5.32 Å². The molecule has 1 unspecified atom stereocenters. The predicted octanol–water partition coefficient (Wildman–Crippen LogP) is 2.64. The van der Waals surface area contributed by atoms with E-state index in [4.69, 9.17) is 0 Å². The van der Waals surface area contributed by atoms with Crippen LogP contribution in [0, 0.1) is 0 Å². The lowest BCUT2D eigenvalue weighted by Gasteiger charge is -2.48. The highest BCUT2D eigenvalue weighted by molar-refractivity contribution is 4.94. The zero-order chi connectivity index (χ0) is 11.5. The lowest BCUT2D eigenvalue weighted by Crippen LogP contribution is -2.63. The van der Waals surface area contributed by atoms with Crippen molar-refractivity contribution in [3.63, 3.8) is 0 Å². The zero-order valence-corrected chi connectivity index (χ0v) is 11.2. The minimum absolute atomic E-state index is 0.323. The second-order valence-electron chi connectivity index (χ2n) is 5.82. The van der Waals surface area contributed by atoms with Gasteiger partial charge in [-0.15, -0.1) is 0 Å². The molecule has 1 rings (SSSR count). The van der Waals surface area contributed by atoms with Crippen LogP contribution in [0.1, 0.15) is 53.9 Å². The summed E-state index contributed by atoms with van der Waals surface area (Å²) in [5.74, 6) is 0. The molecule has 1 aliphatic rings. The molecular formula is C13H28N2. The Hall–Kier alpha value is -0.0800. The lowest BCUT2D eigenvalue weighted by molar-refractivity contribution is 0.0444. The van der Waals surface area contributed by atoms with Crippen LogP contribution in [0.2, 0.25) is 0 Å². The van der Waals surface area contributed by atoms with Crippen LogP contribution >= 0.6 is 0 Å². The molecule has 0 saturated carbocycles. The monoisotopic (exact) mass is 212 g/mol. The summed E-state index contributed by atoms with van der Waals surface area (Å²) in [4.78, 5) is 2.66. The molecule has 0 spiro atoms. The fourth-order valence-electron chi connectivity index (χ4n) is 2.57. The van der Waals surface area contributed by atoms with Crippen molar-refractivity contribution in [3.8, 4) is 0 Å². The van der Waals surface area contributed by atoms with Gasteiger partial charge in [-0.3, -0.25) is 4.90 Å². The highest BCUT2D eigenvalue weighted by Gasteiger charge is 2.35. The van der Waals surface area contributed by atoms with E-state index in [1.54, 1.807) is 0 Å². The minimum atomic E-state index is 0.323. The maximum Gasteiger partial charge on any atom is 0.0278 e. The van der Waals surface area contributed by atoms with Gasteiger partial charge in [0.15, 0.2) is 0 Å². The molecule has 1 saturated heterocycles. The molecule has 0 amide bonds. The average Bonchev–Trinajstić information content (AvgIpc) is 2.18. The summed E-state index contributed by atoms with van der Waals surface area (Å²) < 4.78 is 0. The maximum atomic E-state index is 3.65. The van der Waals surface area contributed by atoms with Crippen LogP contribution in [0.25, 0.3) is 0 Å². The molecule has 1 atom stereocenters. The first-order chi connectivity index (χ1) is 6.93. The van der Waals surface area contributed by atoms with E-state index in [-0.39, 0.29) is 0 Å². The SMILES string of the molecule is CCCC(C)(C)N1CCNC(C)(CC)C1. The van der Waals surface area contributed by atoms with Gasteiger partial charge >= 0.3 is 0 Å². The van der Waals surface area contributed by atoms with Crippen molar-refractivity contribution in [2.75, 3.05) is 19.6 Å². The van der Waals surface area contributed by atoms with Crippen LogP contribution in [-0.4, -0.2) is 35.6 Å². The number of nitrogens with zero attached hydrogens (tertiary/aromatic N) is 1. The molecule has 15 heavy (non-hydrogen) atoms. The molecule has 0 radical (unpaired) electrons. The third kappa shape index (κ3) is 3.18. The summed E-state index contributed by atoms with van der Waals surface area (Å²) in [7, 11) is 0. The molecule has 1 fully saturated rings. The van der Waals surface area contributed by atoms with Crippen LogP contribution in [-0.2, 0) is 0 Å². The largest absolute Gasteiger partial charge is 0.309 e. The van der Waals surface area contributed by atoms with Crippen molar-refractivity contribution < 1.29 is 0 Å². The third-order valence-electron chi connectivity index (χ3n) is 3.97. The van der Waals surface area contributed by atoms with E-state index in [2.05, 4.69) is 44.8 Å². The van der Waals surface area contributed by atoms with Crippen molar-refractivity contribution in [1.29, 1.82) is 0 Å². The van der Waals surface area contributed by atoms with Gasteiger partial charge in [-0.1, -0.05) is 20.3 Å². The van der Waals surface area contributed by atoms with E-state index < -0.39 is 0 Å². The minimum Gasteiger partial charge on any atom is -0.309 e. The predicted molar refractivity (Wildman–Crippen MR) is 67.3 cm³/mol. The Labute approximate surface area is 95.4 Å². The third-order valence-corrected chi connectivity index (χ3v) is 3.97. The van der Waals surface area contributed by atoms with Crippen LogP contribution in [0.4, 0.5) is 0 Å². The van der Waals surface area contributed by atoms with Crippen molar-refractivity contribution in [2.24, 2.45) is 0 Å². The molecule has 1 aliphatic heterocycles. The second-order valence-corrected chi connectivity index (χ2v) is 5.82. The molecule has 0 aromatic carbocycles. The topological polar surface area (TPSA) is 15.3 Å². The molecular weight excluding hydrogens is 184 g/mol. The van der Waals surface area contributed by atoms with Gasteiger partial charge in [0.25, 0.3) is 0 Å². The summed E-state index contributed by atoms with van der Waals surface area (Å²) in [6.45, 7) is 15.2. The fraction of sp³-hybridized carbons (Fsp3) is 1.00. The highest BCUT2D eigenvalue weighted by Crippen LogP contribution is 2.25. The molecule has 2 heteroatoms. The van der Waals surface area contributed by atoms with Crippen LogP contribution in [0.3, 0.4) is 0 Å². The quantitative estimate of drug-likeness (QED) is 0.770. The lowest BCUT2D eigenvalue weighted by atomic mass is 9.89. The molecule has 0 aromatic rings. The normalized spacial score (nSPS) is 29.4. The zero-order valence-electron chi connectivity index (χ0n) is 11.2. The van der Waals surface area contributed by atoms with Crippen molar-refractivity contribution in [3.05, 3.63) is 0 Å². The maximum absolute atomic E-state index is 3.65. The van der Waals surface area contributed by atoms with Gasteiger partial charge in [-0.05, 0) is 33.6 Å². The molecule has 2 nitrogen and oxygen atoms in total. The summed E-state index contributed by atoms with van der Waals surface area (Å²) >= 11 is 0. The van der Waals surface area contributed by atoms with E-state index in [0.29, 0.717) is 11.1 Å². The van der Waals surface area contributed by atoms with Gasteiger partial charge in [-0.25, -0.2) is 0 Å². The summed E-state index contributed by atoms with van der Waals surface area (Å²) in [5, 5.41) is 3.65. The molecule has 1 N–H and O–H groups in total. The number of rotatable bonds is 4. The Morgan fingerprint density at radius 1 is 1.33 bits per heavy atom. The Balaban J connectivity index is 2.63. The Morgan fingerprint density at radius 2 is 2.00 bits per heavy atom. The number of piperazine rings is 1. The first-order valence-electron chi connectivity index (χ1n) is 6.43. The van der Waals surface area contributed by atoms with Gasteiger partial charge in [0.1, 0.15) is 0 Å². The molecule has 0 bridgehead atoms. The van der Waals surface area contributed by atoms with Crippen LogP contribution in [0.5, 0.6) is 0 Å². The van der Waals surface area contributed by atoms with Crippen molar-refractivity contribution >= 4 is 0 Å². The summed E-state index contributed by atoms with van der Waals surface area (Å²) in [6.07, 6.45) is 3.79. The first-order valence-corrected chi connectivity index (χ1v) is 6.43. The average molecular weight is 212 g/mol. The van der Waals surface area contributed by atoms with E-state index in [0.717, 1.165) is 6.54 Å². The molecule has 0 aliphatic carbocycles. The van der Waals surface area contributed by atoms with Gasteiger partial charge in [0.2, 0.25) is 0 Å². The number of hydrogen-bond acceptors (Lipinski definition) is 2. The van der Waals surface area contributed by atoms with E-state index in [1.165, 1.54) is 32.4 Å². The van der Waals surface area contributed by atoms with Gasteiger partial charge in [0, 0.05) is 30.7 Å².